The van der Waals surface area contributed by atoms with Crippen LogP contribution in [0.25, 0.3) is 0 Å². The van der Waals surface area contributed by atoms with E-state index >= 15 is 0 Å². The molecule has 0 saturated carbocycles. The Balaban J connectivity index is 2.35. The molecule has 2 aromatic rings. The predicted octanol–water partition coefficient (Wildman–Crippen LogP) is 0.772. The molecule has 5 heteroatoms. The van der Waals surface area contributed by atoms with Crippen LogP contribution in [-0.4, -0.2) is 30.0 Å². The van der Waals surface area contributed by atoms with E-state index in [1.165, 1.54) is 9.69 Å². The molecule has 2 rings (SSSR count). The maximum Gasteiger partial charge on any atom is 0.254 e. The van der Waals surface area contributed by atoms with E-state index in [-0.39, 0.29) is 18.2 Å². The lowest BCUT2D eigenvalue weighted by molar-refractivity contribution is -0.118. The van der Waals surface area contributed by atoms with E-state index in [2.05, 4.69) is 0 Å². The summed E-state index contributed by atoms with van der Waals surface area (Å²) in [5.74, 6) is -0.402. The van der Waals surface area contributed by atoms with Crippen molar-refractivity contribution < 1.29 is 9.59 Å². The number of carbonyl (C=O) groups excluding carboxylic acids is 2. The van der Waals surface area contributed by atoms with Crippen molar-refractivity contribution in [1.29, 1.82) is 0 Å². The topological polar surface area (TPSA) is 68.3 Å². The number of carbonyl (C=O) groups is 2. The van der Waals surface area contributed by atoms with Gasteiger partial charge in [0, 0.05) is 18.8 Å². The molecule has 0 bridgehead atoms. The molecule has 98 valence electrons. The summed E-state index contributed by atoms with van der Waals surface area (Å²) < 4.78 is 1.50. The Kier molecular flexibility index (Phi) is 3.77. The van der Waals surface area contributed by atoms with E-state index < -0.39 is 0 Å². The highest BCUT2D eigenvalue weighted by molar-refractivity contribution is 6.08. The first-order valence-corrected chi connectivity index (χ1v) is 5.89. The van der Waals surface area contributed by atoms with Crippen LogP contribution >= 0.6 is 0 Å². The Bertz CT molecular complexity index is 590. The molecule has 1 aromatic heterocycles. The van der Waals surface area contributed by atoms with Gasteiger partial charge in [-0.1, -0.05) is 30.3 Å². The van der Waals surface area contributed by atoms with Crippen LogP contribution < -0.4 is 10.7 Å². The van der Waals surface area contributed by atoms with Gasteiger partial charge < -0.3 is 5.73 Å². The number of hydrogen-bond acceptors (Lipinski definition) is 3. The zero-order valence-electron chi connectivity index (χ0n) is 10.6. The van der Waals surface area contributed by atoms with Gasteiger partial charge in [0.25, 0.3) is 5.91 Å². The third kappa shape index (κ3) is 2.56. The molecule has 19 heavy (non-hydrogen) atoms. The third-order valence-corrected chi connectivity index (χ3v) is 2.86. The monoisotopic (exact) mass is 257 g/mol. The Morgan fingerprint density at radius 3 is 2.47 bits per heavy atom. The Labute approximate surface area is 111 Å². The average Bonchev–Trinajstić information content (AvgIpc) is 2.95. The third-order valence-electron chi connectivity index (χ3n) is 2.86. The molecule has 1 aromatic carbocycles. The van der Waals surface area contributed by atoms with Crippen molar-refractivity contribution in [2.24, 2.45) is 5.73 Å². The number of hydrogen-bond donors (Lipinski definition) is 1. The van der Waals surface area contributed by atoms with Crippen LogP contribution in [-0.2, 0) is 4.79 Å². The fraction of sp³-hybridized carbons (Fsp3) is 0.143. The highest BCUT2D eigenvalue weighted by atomic mass is 16.2. The van der Waals surface area contributed by atoms with Gasteiger partial charge in [0.1, 0.15) is 5.69 Å². The lowest BCUT2D eigenvalue weighted by Gasteiger charge is -2.20. The lowest BCUT2D eigenvalue weighted by Crippen LogP contribution is -2.41. The highest BCUT2D eigenvalue weighted by Crippen LogP contribution is 2.11. The van der Waals surface area contributed by atoms with Gasteiger partial charge in [0.2, 0.25) is 5.78 Å². The van der Waals surface area contributed by atoms with Gasteiger partial charge in [-0.15, -0.1) is 0 Å². The van der Waals surface area contributed by atoms with Crippen molar-refractivity contribution in [3.63, 3.8) is 0 Å². The van der Waals surface area contributed by atoms with Crippen LogP contribution in [0.15, 0.2) is 48.7 Å². The summed E-state index contributed by atoms with van der Waals surface area (Å²) in [6.45, 7) is -0.104. The van der Waals surface area contributed by atoms with Gasteiger partial charge in [-0.05, 0) is 12.1 Å². The van der Waals surface area contributed by atoms with Crippen molar-refractivity contribution in [3.05, 3.63) is 59.9 Å². The number of likely N-dealkylation sites (N-methyl/N-ethyl adjacent to an activating group) is 1. The van der Waals surface area contributed by atoms with E-state index in [4.69, 9.17) is 5.73 Å². The van der Waals surface area contributed by atoms with Gasteiger partial charge in [-0.25, -0.2) is 0 Å². The quantitative estimate of drug-likeness (QED) is 0.823. The van der Waals surface area contributed by atoms with Crippen LogP contribution in [0.3, 0.4) is 0 Å². The molecular weight excluding hydrogens is 242 g/mol. The molecule has 1 amide bonds. The van der Waals surface area contributed by atoms with E-state index in [1.54, 1.807) is 49.6 Å². The summed E-state index contributed by atoms with van der Waals surface area (Å²) in [7, 11) is 1.58. The number of ketones is 1. The number of amides is 1. The molecule has 0 fully saturated rings. The van der Waals surface area contributed by atoms with Crippen LogP contribution in [0, 0.1) is 0 Å². The first-order chi connectivity index (χ1) is 9.15. The smallest absolute Gasteiger partial charge is 0.254 e. The molecule has 0 aliphatic rings. The lowest BCUT2D eigenvalue weighted by atomic mass is 10.1. The van der Waals surface area contributed by atoms with E-state index in [0.717, 1.165) is 0 Å². The molecule has 1 heterocycles. The Hall–Kier alpha value is -2.40. The second kappa shape index (κ2) is 5.49. The van der Waals surface area contributed by atoms with Gasteiger partial charge in [-0.3, -0.25) is 19.3 Å². The summed E-state index contributed by atoms with van der Waals surface area (Å²) in [5, 5.41) is 1.33. The van der Waals surface area contributed by atoms with E-state index in [9.17, 15) is 9.59 Å². The second-order valence-electron chi connectivity index (χ2n) is 4.05. The molecule has 0 spiro atoms. The number of rotatable bonds is 4. The van der Waals surface area contributed by atoms with Crippen LogP contribution in [0.1, 0.15) is 16.1 Å². The molecule has 0 saturated heterocycles. The fourth-order valence-electron chi connectivity index (χ4n) is 1.80. The number of nitrogens with zero attached hydrogens (tertiary/aromatic N) is 2. The number of aromatic nitrogens is 1. The normalized spacial score (nSPS) is 10.2. The molecule has 0 aliphatic heterocycles. The van der Waals surface area contributed by atoms with Crippen molar-refractivity contribution in [2.45, 2.75) is 0 Å². The van der Waals surface area contributed by atoms with Crippen LogP contribution in [0.5, 0.6) is 0 Å². The van der Waals surface area contributed by atoms with Crippen LogP contribution in [0.2, 0.25) is 0 Å². The number of benzene rings is 1. The molecule has 0 atom stereocenters. The zero-order chi connectivity index (χ0) is 13.8. The minimum atomic E-state index is -0.265. The first-order valence-electron chi connectivity index (χ1n) is 5.89. The maximum atomic E-state index is 12.4. The Morgan fingerprint density at radius 1 is 1.16 bits per heavy atom. The number of nitrogens with two attached hydrogens (primary N) is 1. The standard InChI is InChI=1S/C14H15N3O2/c1-16(13(18)10-15)17-9-5-8-12(17)14(19)11-6-3-2-4-7-11/h2-9H,10,15H2,1H3. The van der Waals surface area contributed by atoms with Gasteiger partial charge in [0.15, 0.2) is 0 Å². The zero-order valence-corrected chi connectivity index (χ0v) is 10.6. The fourth-order valence-corrected chi connectivity index (χ4v) is 1.80. The summed E-state index contributed by atoms with van der Waals surface area (Å²) in [5.41, 5.74) is 6.33. The molecule has 5 nitrogen and oxygen atoms in total. The SMILES string of the molecule is CN(C(=O)CN)n1cccc1C(=O)c1ccccc1. The summed E-state index contributed by atoms with van der Waals surface area (Å²) in [6, 6.07) is 12.3. The molecule has 0 radical (unpaired) electrons. The van der Waals surface area contributed by atoms with Crippen molar-refractivity contribution >= 4 is 11.7 Å². The summed E-state index contributed by atoms with van der Waals surface area (Å²) in [4.78, 5) is 23.9. The highest BCUT2D eigenvalue weighted by Gasteiger charge is 2.17. The molecule has 2 N–H and O–H groups in total. The van der Waals surface area contributed by atoms with Crippen molar-refractivity contribution in [2.75, 3.05) is 18.6 Å². The maximum absolute atomic E-state index is 12.4. The molecule has 0 aliphatic carbocycles. The molecule has 0 unspecified atom stereocenters. The van der Waals surface area contributed by atoms with Gasteiger partial charge in [-0.2, -0.15) is 0 Å². The predicted molar refractivity (Wildman–Crippen MR) is 72.5 cm³/mol. The van der Waals surface area contributed by atoms with E-state index in [1.807, 2.05) is 6.07 Å². The average molecular weight is 257 g/mol. The minimum Gasteiger partial charge on any atom is -0.322 e. The second-order valence-corrected chi connectivity index (χ2v) is 4.05. The minimum absolute atomic E-state index is 0.104. The molecular formula is C14H15N3O2. The van der Waals surface area contributed by atoms with E-state index in [0.29, 0.717) is 11.3 Å². The summed E-state index contributed by atoms with van der Waals surface area (Å²) >= 11 is 0. The Morgan fingerprint density at radius 2 is 1.84 bits per heavy atom. The largest absolute Gasteiger partial charge is 0.322 e. The first kappa shape index (κ1) is 13.0. The summed E-state index contributed by atoms with van der Waals surface area (Å²) in [6.07, 6.45) is 1.66. The van der Waals surface area contributed by atoms with Gasteiger partial charge in [0.05, 0.1) is 6.54 Å². The van der Waals surface area contributed by atoms with Crippen LogP contribution in [0.4, 0.5) is 0 Å². The van der Waals surface area contributed by atoms with Gasteiger partial charge >= 0.3 is 0 Å². The van der Waals surface area contributed by atoms with Crippen molar-refractivity contribution in [1.82, 2.24) is 4.68 Å². The van der Waals surface area contributed by atoms with Crippen molar-refractivity contribution in [3.8, 4) is 0 Å².